The highest BCUT2D eigenvalue weighted by Gasteiger charge is 2.16. The van der Waals surface area contributed by atoms with Crippen LogP contribution in [0.5, 0.6) is 0 Å². The van der Waals surface area contributed by atoms with Crippen LogP contribution in [0.2, 0.25) is 5.02 Å². The molecular weight excluding hydrogens is 492 g/mol. The quantitative estimate of drug-likeness (QED) is 0.189. The SMILES string of the molecule is O=C(NNc1ccccc1)c1ccccc1.O=C(NNc1ccccc1)c1sc2ccccc2c1Cl. The number of para-hydroxylation sites is 2. The van der Waals surface area contributed by atoms with Gasteiger partial charge in [0.05, 0.1) is 16.4 Å². The predicted molar refractivity (Wildman–Crippen MR) is 148 cm³/mol. The van der Waals surface area contributed by atoms with Crippen LogP contribution >= 0.6 is 22.9 Å². The molecule has 5 aromatic rings. The number of fused-ring (bicyclic) bond motifs is 1. The second kappa shape index (κ2) is 12.4. The molecule has 0 radical (unpaired) electrons. The fourth-order valence-corrected chi connectivity index (χ4v) is 4.59. The van der Waals surface area contributed by atoms with Gasteiger partial charge in [0.2, 0.25) is 0 Å². The molecule has 5 rings (SSSR count). The number of halogens is 1. The number of anilines is 2. The molecule has 2 amide bonds. The van der Waals surface area contributed by atoms with E-state index in [-0.39, 0.29) is 11.8 Å². The van der Waals surface area contributed by atoms with Gasteiger partial charge in [-0.05, 0) is 42.5 Å². The third kappa shape index (κ3) is 6.63. The van der Waals surface area contributed by atoms with Crippen LogP contribution in [-0.2, 0) is 0 Å². The molecule has 36 heavy (non-hydrogen) atoms. The molecular formula is C28H23ClN4O2S. The highest BCUT2D eigenvalue weighted by molar-refractivity contribution is 7.21. The number of amides is 2. The summed E-state index contributed by atoms with van der Waals surface area (Å²) in [5.74, 6) is -0.385. The van der Waals surface area contributed by atoms with Gasteiger partial charge in [-0.15, -0.1) is 11.3 Å². The van der Waals surface area contributed by atoms with Crippen molar-refractivity contribution < 1.29 is 9.59 Å². The molecule has 0 atom stereocenters. The first-order valence-corrected chi connectivity index (χ1v) is 12.3. The molecule has 0 saturated heterocycles. The summed E-state index contributed by atoms with van der Waals surface area (Å²) in [7, 11) is 0. The Bertz CT molecular complexity index is 1430. The van der Waals surface area contributed by atoms with Gasteiger partial charge < -0.3 is 0 Å². The van der Waals surface area contributed by atoms with Crippen LogP contribution in [0.4, 0.5) is 11.4 Å². The van der Waals surface area contributed by atoms with Gasteiger partial charge in [0.15, 0.2) is 0 Å². The first kappa shape index (κ1) is 24.8. The van der Waals surface area contributed by atoms with E-state index in [4.69, 9.17) is 11.6 Å². The summed E-state index contributed by atoms with van der Waals surface area (Å²) in [6, 6.07) is 35.7. The number of carbonyl (C=O) groups excluding carboxylic acids is 2. The number of carbonyl (C=O) groups is 2. The second-order valence-electron chi connectivity index (χ2n) is 7.50. The topological polar surface area (TPSA) is 82.3 Å². The van der Waals surface area contributed by atoms with Gasteiger partial charge >= 0.3 is 0 Å². The van der Waals surface area contributed by atoms with Crippen LogP contribution in [-0.4, -0.2) is 11.8 Å². The Morgan fingerprint density at radius 2 is 1.06 bits per heavy atom. The molecule has 6 nitrogen and oxygen atoms in total. The van der Waals surface area contributed by atoms with Gasteiger partial charge in [0.1, 0.15) is 4.88 Å². The van der Waals surface area contributed by atoms with Crippen LogP contribution < -0.4 is 21.7 Å². The maximum Gasteiger partial charge on any atom is 0.281 e. The Labute approximate surface area is 217 Å². The summed E-state index contributed by atoms with van der Waals surface area (Å²) < 4.78 is 1.00. The van der Waals surface area contributed by atoms with Crippen LogP contribution in [0.1, 0.15) is 20.0 Å². The second-order valence-corrected chi connectivity index (χ2v) is 8.93. The first-order chi connectivity index (χ1) is 17.6. The Kier molecular flexibility index (Phi) is 8.53. The maximum atomic E-state index is 12.2. The molecule has 0 fully saturated rings. The number of hydrazine groups is 2. The van der Waals surface area contributed by atoms with Crippen molar-refractivity contribution in [1.82, 2.24) is 10.9 Å². The number of rotatable bonds is 6. The van der Waals surface area contributed by atoms with Crippen molar-refractivity contribution in [1.29, 1.82) is 0 Å². The standard InChI is InChI=1S/C15H11ClN2OS.C13H12N2O/c16-13-11-8-4-5-9-12(11)20-14(13)15(19)18-17-10-6-2-1-3-7-10;16-13(11-7-3-1-4-8-11)15-14-12-9-5-2-6-10-12/h1-9,17H,(H,18,19);1-10,14H,(H,15,16). The van der Waals surface area contributed by atoms with Crippen LogP contribution in [0.3, 0.4) is 0 Å². The summed E-state index contributed by atoms with van der Waals surface area (Å²) in [5.41, 5.74) is 13.3. The summed E-state index contributed by atoms with van der Waals surface area (Å²) in [4.78, 5) is 24.3. The van der Waals surface area contributed by atoms with Crippen molar-refractivity contribution in [3.8, 4) is 0 Å². The lowest BCUT2D eigenvalue weighted by Crippen LogP contribution is -2.29. The fraction of sp³-hybridized carbons (Fsp3) is 0. The third-order valence-electron chi connectivity index (χ3n) is 4.97. The number of hydrogen-bond acceptors (Lipinski definition) is 5. The van der Waals surface area contributed by atoms with E-state index < -0.39 is 0 Å². The molecule has 0 aliphatic heterocycles. The lowest BCUT2D eigenvalue weighted by molar-refractivity contribution is 0.0956. The molecule has 0 spiro atoms. The highest BCUT2D eigenvalue weighted by atomic mass is 35.5. The molecule has 0 aliphatic rings. The van der Waals surface area contributed by atoms with Crippen molar-refractivity contribution >= 4 is 56.2 Å². The Balaban J connectivity index is 0.000000174. The van der Waals surface area contributed by atoms with Gasteiger partial charge in [-0.2, -0.15) is 0 Å². The largest absolute Gasteiger partial charge is 0.298 e. The monoisotopic (exact) mass is 514 g/mol. The Hall–Kier alpha value is -4.33. The molecule has 1 aromatic heterocycles. The zero-order valence-electron chi connectivity index (χ0n) is 19.1. The molecule has 4 aromatic carbocycles. The number of benzene rings is 4. The van der Waals surface area contributed by atoms with Gasteiger partial charge in [-0.1, -0.05) is 84.4 Å². The van der Waals surface area contributed by atoms with Crippen molar-refractivity contribution in [2.45, 2.75) is 0 Å². The molecule has 8 heteroatoms. The van der Waals surface area contributed by atoms with E-state index in [1.807, 2.05) is 103 Å². The fourth-order valence-electron chi connectivity index (χ4n) is 3.18. The minimum Gasteiger partial charge on any atom is -0.298 e. The van der Waals surface area contributed by atoms with Gasteiger partial charge in [0.25, 0.3) is 11.8 Å². The molecule has 0 bridgehead atoms. The summed E-state index contributed by atoms with van der Waals surface area (Å²) in [6.07, 6.45) is 0. The van der Waals surface area contributed by atoms with Gasteiger partial charge in [-0.25, -0.2) is 0 Å². The molecule has 180 valence electrons. The minimum absolute atomic E-state index is 0.149. The van der Waals surface area contributed by atoms with E-state index in [0.717, 1.165) is 21.5 Å². The Morgan fingerprint density at radius 1 is 0.583 bits per heavy atom. The van der Waals surface area contributed by atoms with E-state index in [1.54, 1.807) is 12.1 Å². The average molecular weight is 515 g/mol. The predicted octanol–water partition coefficient (Wildman–Crippen LogP) is 6.76. The molecule has 0 saturated carbocycles. The normalized spacial score (nSPS) is 10.0. The zero-order valence-corrected chi connectivity index (χ0v) is 20.6. The van der Waals surface area contributed by atoms with Crippen LogP contribution in [0, 0.1) is 0 Å². The number of hydrogen-bond donors (Lipinski definition) is 4. The van der Waals surface area contributed by atoms with E-state index in [0.29, 0.717) is 15.5 Å². The summed E-state index contributed by atoms with van der Waals surface area (Å²) in [6.45, 7) is 0. The van der Waals surface area contributed by atoms with E-state index >= 15 is 0 Å². The van der Waals surface area contributed by atoms with Crippen molar-refractivity contribution in [3.63, 3.8) is 0 Å². The van der Waals surface area contributed by atoms with Gasteiger partial charge in [-0.3, -0.25) is 31.3 Å². The summed E-state index contributed by atoms with van der Waals surface area (Å²) in [5, 5.41) is 1.40. The molecule has 1 heterocycles. The van der Waals surface area contributed by atoms with E-state index in [2.05, 4.69) is 21.7 Å². The van der Waals surface area contributed by atoms with Gasteiger partial charge in [0, 0.05) is 15.6 Å². The molecule has 0 unspecified atom stereocenters. The van der Waals surface area contributed by atoms with Crippen molar-refractivity contribution in [3.05, 3.63) is 131 Å². The third-order valence-corrected chi connectivity index (χ3v) is 6.64. The Morgan fingerprint density at radius 3 is 1.61 bits per heavy atom. The van der Waals surface area contributed by atoms with E-state index in [9.17, 15) is 9.59 Å². The van der Waals surface area contributed by atoms with Crippen molar-refractivity contribution in [2.24, 2.45) is 0 Å². The molecule has 0 aliphatic carbocycles. The highest BCUT2D eigenvalue weighted by Crippen LogP contribution is 2.34. The zero-order chi connectivity index (χ0) is 25.2. The minimum atomic E-state index is -0.236. The molecule has 4 N–H and O–H groups in total. The van der Waals surface area contributed by atoms with E-state index in [1.165, 1.54) is 11.3 Å². The number of nitrogens with one attached hydrogen (secondary N) is 4. The lowest BCUT2D eigenvalue weighted by atomic mass is 10.2. The van der Waals surface area contributed by atoms with Crippen LogP contribution in [0.25, 0.3) is 10.1 Å². The lowest BCUT2D eigenvalue weighted by Gasteiger charge is -2.07. The number of thiophene rings is 1. The average Bonchev–Trinajstić information content (AvgIpc) is 3.29. The maximum absolute atomic E-state index is 12.2. The van der Waals surface area contributed by atoms with Crippen LogP contribution in [0.15, 0.2) is 115 Å². The first-order valence-electron chi connectivity index (χ1n) is 11.1. The van der Waals surface area contributed by atoms with Crippen molar-refractivity contribution in [2.75, 3.05) is 10.9 Å². The summed E-state index contributed by atoms with van der Waals surface area (Å²) >= 11 is 7.64. The smallest absolute Gasteiger partial charge is 0.281 e.